The van der Waals surface area contributed by atoms with Gasteiger partial charge in [0.2, 0.25) is 11.1 Å². The second-order valence-corrected chi connectivity index (χ2v) is 8.31. The zero-order valence-corrected chi connectivity index (χ0v) is 18.2. The number of nitrogens with one attached hydrogen (secondary N) is 1. The molecule has 0 bridgehead atoms. The van der Waals surface area contributed by atoms with Crippen molar-refractivity contribution in [2.45, 2.75) is 12.1 Å². The van der Waals surface area contributed by atoms with Gasteiger partial charge in [-0.2, -0.15) is 0 Å². The second-order valence-electron chi connectivity index (χ2n) is 7.37. The summed E-state index contributed by atoms with van der Waals surface area (Å²) in [5.74, 6) is 6.41. The molecular weight excluding hydrogens is 442 g/mol. The molecule has 164 valence electrons. The van der Waals surface area contributed by atoms with Crippen LogP contribution in [0.5, 0.6) is 0 Å². The van der Waals surface area contributed by atoms with Gasteiger partial charge in [-0.05, 0) is 31.2 Å². The molecule has 2 heterocycles. The summed E-state index contributed by atoms with van der Waals surface area (Å²) < 4.78 is 6.57. The third-order valence-corrected chi connectivity index (χ3v) is 6.25. The Morgan fingerprint density at radius 1 is 1.00 bits per heavy atom. The van der Waals surface area contributed by atoms with Crippen LogP contribution in [-0.2, 0) is 4.79 Å². The predicted molar refractivity (Wildman–Crippen MR) is 122 cm³/mol. The molecule has 0 radical (unpaired) electrons. The van der Waals surface area contributed by atoms with E-state index in [4.69, 9.17) is 10.3 Å². The number of aromatic nitrogens is 3. The number of fused-ring (bicyclic) bond motifs is 2. The van der Waals surface area contributed by atoms with Gasteiger partial charge in [0.05, 0.1) is 17.6 Å². The van der Waals surface area contributed by atoms with Crippen LogP contribution in [0.25, 0.3) is 11.4 Å². The first-order valence-corrected chi connectivity index (χ1v) is 10.9. The lowest BCUT2D eigenvalue weighted by Gasteiger charge is -2.18. The molecular formula is C23H17N5O4S. The van der Waals surface area contributed by atoms with Crippen LogP contribution < -0.4 is 11.2 Å². The summed E-state index contributed by atoms with van der Waals surface area (Å²) >= 11 is 1.12. The summed E-state index contributed by atoms with van der Waals surface area (Å²) in [4.78, 5) is 38.1. The molecule has 0 aliphatic heterocycles. The van der Waals surface area contributed by atoms with Crippen molar-refractivity contribution in [1.29, 1.82) is 0 Å². The van der Waals surface area contributed by atoms with E-state index in [9.17, 15) is 14.4 Å². The van der Waals surface area contributed by atoms with E-state index in [-0.39, 0.29) is 28.8 Å². The first-order chi connectivity index (χ1) is 15.9. The Hall–Kier alpha value is -4.18. The van der Waals surface area contributed by atoms with Crippen molar-refractivity contribution in [1.82, 2.24) is 14.9 Å². The smallest absolute Gasteiger partial charge is 0.234 e. The molecule has 4 aromatic rings. The number of hydrogen-bond donors (Lipinski definition) is 2. The van der Waals surface area contributed by atoms with Crippen LogP contribution in [0, 0.1) is 6.92 Å². The third-order valence-electron chi connectivity index (χ3n) is 5.31. The zero-order valence-electron chi connectivity index (χ0n) is 17.4. The molecule has 1 aliphatic carbocycles. The number of carbonyl (C=O) groups is 3. The van der Waals surface area contributed by atoms with E-state index in [0.29, 0.717) is 39.1 Å². The average molecular weight is 459 g/mol. The number of thioether (sulfide) groups is 1. The quantitative estimate of drug-likeness (QED) is 0.303. The Kier molecular flexibility index (Phi) is 5.06. The Balaban J connectivity index is 1.29. The molecule has 1 aliphatic rings. The van der Waals surface area contributed by atoms with Gasteiger partial charge >= 0.3 is 0 Å². The molecule has 0 unspecified atom stereocenters. The maximum absolute atomic E-state index is 12.9. The van der Waals surface area contributed by atoms with E-state index in [2.05, 4.69) is 15.5 Å². The lowest BCUT2D eigenvalue weighted by atomic mass is 9.84. The van der Waals surface area contributed by atoms with Crippen LogP contribution >= 0.6 is 11.8 Å². The molecule has 10 heteroatoms. The average Bonchev–Trinajstić information content (AvgIpc) is 3.40. The Bertz CT molecular complexity index is 1440. The Morgan fingerprint density at radius 2 is 1.70 bits per heavy atom. The first kappa shape index (κ1) is 20.7. The summed E-state index contributed by atoms with van der Waals surface area (Å²) in [6.45, 7) is 1.79. The summed E-state index contributed by atoms with van der Waals surface area (Å²) in [6, 6.07) is 13.1. The monoisotopic (exact) mass is 459 g/mol. The second kappa shape index (κ2) is 8.06. The number of ketones is 2. The highest BCUT2D eigenvalue weighted by atomic mass is 32.2. The van der Waals surface area contributed by atoms with Gasteiger partial charge in [-0.15, -0.1) is 10.2 Å². The molecule has 33 heavy (non-hydrogen) atoms. The number of carbonyl (C=O) groups excluding carboxylic acids is 3. The zero-order chi connectivity index (χ0) is 23.1. The number of hydrogen-bond acceptors (Lipinski definition) is 8. The van der Waals surface area contributed by atoms with E-state index < -0.39 is 0 Å². The summed E-state index contributed by atoms with van der Waals surface area (Å²) in [7, 11) is 0. The van der Waals surface area contributed by atoms with Gasteiger partial charge in [0, 0.05) is 27.9 Å². The molecule has 0 saturated carbocycles. The number of nitrogen functional groups attached to an aromatic ring is 1. The Labute approximate surface area is 192 Å². The fourth-order valence-electron chi connectivity index (χ4n) is 3.68. The number of nitrogens with two attached hydrogens (primary N) is 1. The van der Waals surface area contributed by atoms with Gasteiger partial charge in [0.25, 0.3) is 0 Å². The van der Waals surface area contributed by atoms with Gasteiger partial charge in [0.1, 0.15) is 5.76 Å². The standard InChI is InChI=1S/C23H17N5O4S/c1-12-14(8-9-32-12)22-26-27-23(28(22)24)33-11-19(29)25-13-6-7-17-18(10-13)21(31)16-5-3-2-4-15(16)20(17)30/h2-10H,11,24H2,1H3,(H,25,29). The Morgan fingerprint density at radius 3 is 2.39 bits per heavy atom. The largest absolute Gasteiger partial charge is 0.469 e. The van der Waals surface area contributed by atoms with Crippen molar-refractivity contribution in [2.24, 2.45) is 0 Å². The maximum Gasteiger partial charge on any atom is 0.234 e. The van der Waals surface area contributed by atoms with Crippen LogP contribution in [0.3, 0.4) is 0 Å². The molecule has 0 spiro atoms. The van der Waals surface area contributed by atoms with Gasteiger partial charge < -0.3 is 15.6 Å². The molecule has 0 saturated heterocycles. The summed E-state index contributed by atoms with van der Waals surface area (Å²) in [6.07, 6.45) is 1.54. The highest BCUT2D eigenvalue weighted by Crippen LogP contribution is 2.29. The highest BCUT2D eigenvalue weighted by molar-refractivity contribution is 7.99. The minimum Gasteiger partial charge on any atom is -0.469 e. The van der Waals surface area contributed by atoms with Gasteiger partial charge in [-0.1, -0.05) is 36.0 Å². The van der Waals surface area contributed by atoms with Crippen molar-refractivity contribution in [3.63, 3.8) is 0 Å². The van der Waals surface area contributed by atoms with E-state index in [1.54, 1.807) is 49.4 Å². The molecule has 9 nitrogen and oxygen atoms in total. The highest BCUT2D eigenvalue weighted by Gasteiger charge is 2.29. The van der Waals surface area contributed by atoms with Crippen LogP contribution in [0.1, 0.15) is 37.6 Å². The number of benzene rings is 2. The van der Waals surface area contributed by atoms with Crippen molar-refractivity contribution in [2.75, 3.05) is 16.9 Å². The lowest BCUT2D eigenvalue weighted by Crippen LogP contribution is -2.22. The third kappa shape index (κ3) is 3.60. The SMILES string of the molecule is Cc1occc1-c1nnc(SCC(=O)Nc2ccc3c(c2)C(=O)c2ccccc2C3=O)n1N. The van der Waals surface area contributed by atoms with E-state index in [1.165, 1.54) is 17.0 Å². The van der Waals surface area contributed by atoms with Crippen molar-refractivity contribution >= 4 is 34.9 Å². The van der Waals surface area contributed by atoms with Crippen molar-refractivity contribution < 1.29 is 18.8 Å². The van der Waals surface area contributed by atoms with Crippen LogP contribution in [0.2, 0.25) is 0 Å². The number of anilines is 1. The molecule has 0 atom stereocenters. The molecule has 3 N–H and O–H groups in total. The maximum atomic E-state index is 12.9. The first-order valence-electron chi connectivity index (χ1n) is 9.94. The minimum absolute atomic E-state index is 0.0203. The number of furan rings is 1. The normalized spacial score (nSPS) is 12.4. The summed E-state index contributed by atoms with van der Waals surface area (Å²) in [5.41, 5.74) is 2.48. The topological polar surface area (TPSA) is 133 Å². The van der Waals surface area contributed by atoms with E-state index in [1.807, 2.05) is 0 Å². The number of amides is 1. The number of aryl methyl sites for hydroxylation is 1. The fraction of sp³-hybridized carbons (Fsp3) is 0.0870. The summed E-state index contributed by atoms with van der Waals surface area (Å²) in [5, 5.41) is 11.2. The molecule has 2 aromatic carbocycles. The lowest BCUT2D eigenvalue weighted by molar-refractivity contribution is -0.113. The molecule has 2 aromatic heterocycles. The number of nitrogens with zero attached hydrogens (tertiary/aromatic N) is 3. The van der Waals surface area contributed by atoms with Crippen LogP contribution in [-0.4, -0.2) is 38.1 Å². The molecule has 0 fully saturated rings. The van der Waals surface area contributed by atoms with Gasteiger partial charge in [-0.25, -0.2) is 4.68 Å². The van der Waals surface area contributed by atoms with E-state index in [0.717, 1.165) is 17.3 Å². The van der Waals surface area contributed by atoms with Gasteiger partial charge in [0.15, 0.2) is 17.4 Å². The van der Waals surface area contributed by atoms with Crippen LogP contribution in [0.15, 0.2) is 64.4 Å². The van der Waals surface area contributed by atoms with Gasteiger partial charge in [-0.3, -0.25) is 14.4 Å². The minimum atomic E-state index is -0.320. The predicted octanol–water partition coefficient (Wildman–Crippen LogP) is 3.07. The van der Waals surface area contributed by atoms with Crippen LogP contribution in [0.4, 0.5) is 5.69 Å². The molecule has 5 rings (SSSR count). The fourth-order valence-corrected chi connectivity index (χ4v) is 4.34. The van der Waals surface area contributed by atoms with E-state index >= 15 is 0 Å². The molecule has 1 amide bonds. The van der Waals surface area contributed by atoms with Crippen molar-refractivity contribution in [3.05, 3.63) is 82.8 Å². The number of rotatable bonds is 5. The van der Waals surface area contributed by atoms with Crippen molar-refractivity contribution in [3.8, 4) is 11.4 Å².